The van der Waals surface area contributed by atoms with Gasteiger partial charge in [0.15, 0.2) is 0 Å². The first-order chi connectivity index (χ1) is 6.36. The Morgan fingerprint density at radius 2 is 2.38 bits per heavy atom. The Hall–Kier alpha value is -0.810. The van der Waals surface area contributed by atoms with E-state index in [0.29, 0.717) is 19.8 Å². The third-order valence-corrected chi connectivity index (χ3v) is 2.24. The van der Waals surface area contributed by atoms with Crippen LogP contribution in [0.25, 0.3) is 0 Å². The van der Waals surface area contributed by atoms with Crippen LogP contribution in [-0.4, -0.2) is 43.5 Å². The number of ether oxygens (including phenoxy) is 1. The monoisotopic (exact) mass is 186 g/mol. The molecule has 5 nitrogen and oxygen atoms in total. The fourth-order valence-corrected chi connectivity index (χ4v) is 1.50. The molecule has 0 spiro atoms. The molecule has 1 atom stereocenters. The first kappa shape index (κ1) is 8.77. The maximum Gasteiger partial charge on any atom is 0.341 e. The van der Waals surface area contributed by atoms with Gasteiger partial charge in [-0.1, -0.05) is 0 Å². The standard InChI is InChI=1S/C8H14N2O3/c11-8(10-3-1-4-13-10)9-7-2-5-12-6-7/h7H,1-6H2,(H,9,11). The van der Waals surface area contributed by atoms with Crippen LogP contribution in [0.5, 0.6) is 0 Å². The molecule has 1 N–H and O–H groups in total. The van der Waals surface area contributed by atoms with Crippen molar-refractivity contribution >= 4 is 6.03 Å². The van der Waals surface area contributed by atoms with Gasteiger partial charge in [0.2, 0.25) is 0 Å². The van der Waals surface area contributed by atoms with Crippen molar-refractivity contribution in [2.24, 2.45) is 0 Å². The number of urea groups is 1. The molecule has 74 valence electrons. The second-order valence-corrected chi connectivity index (χ2v) is 3.30. The highest BCUT2D eigenvalue weighted by Crippen LogP contribution is 2.07. The van der Waals surface area contributed by atoms with Crippen molar-refractivity contribution in [3.8, 4) is 0 Å². The van der Waals surface area contributed by atoms with Crippen LogP contribution in [0.4, 0.5) is 4.79 Å². The fourth-order valence-electron chi connectivity index (χ4n) is 1.50. The van der Waals surface area contributed by atoms with Crippen molar-refractivity contribution in [3.63, 3.8) is 0 Å². The summed E-state index contributed by atoms with van der Waals surface area (Å²) >= 11 is 0. The summed E-state index contributed by atoms with van der Waals surface area (Å²) < 4.78 is 5.15. The van der Waals surface area contributed by atoms with Gasteiger partial charge in [-0.15, -0.1) is 0 Å². The van der Waals surface area contributed by atoms with E-state index in [9.17, 15) is 4.79 Å². The van der Waals surface area contributed by atoms with Crippen LogP contribution in [0.15, 0.2) is 0 Å². The van der Waals surface area contributed by atoms with E-state index in [1.807, 2.05) is 0 Å². The number of rotatable bonds is 1. The molecule has 0 aromatic heterocycles. The normalized spacial score (nSPS) is 28.0. The third-order valence-electron chi connectivity index (χ3n) is 2.24. The Morgan fingerprint density at radius 1 is 1.46 bits per heavy atom. The zero-order valence-electron chi connectivity index (χ0n) is 7.49. The SMILES string of the molecule is O=C(NC1CCOC1)N1CCCO1. The van der Waals surface area contributed by atoms with Crippen molar-refractivity contribution in [3.05, 3.63) is 0 Å². The molecule has 2 fully saturated rings. The molecule has 0 aliphatic carbocycles. The second kappa shape index (κ2) is 3.93. The van der Waals surface area contributed by atoms with Gasteiger partial charge in [0, 0.05) is 6.61 Å². The van der Waals surface area contributed by atoms with Gasteiger partial charge in [0.25, 0.3) is 0 Å². The molecule has 0 aromatic carbocycles. The van der Waals surface area contributed by atoms with E-state index in [0.717, 1.165) is 19.4 Å². The van der Waals surface area contributed by atoms with E-state index in [4.69, 9.17) is 9.57 Å². The Bertz CT molecular complexity index is 186. The van der Waals surface area contributed by atoms with Crippen molar-refractivity contribution in [2.45, 2.75) is 18.9 Å². The average Bonchev–Trinajstić information content (AvgIpc) is 2.74. The number of nitrogens with one attached hydrogen (secondary N) is 1. The number of carbonyl (C=O) groups is 1. The Kier molecular flexibility index (Phi) is 2.65. The third kappa shape index (κ3) is 2.10. The van der Waals surface area contributed by atoms with Crippen LogP contribution >= 0.6 is 0 Å². The molecule has 2 saturated heterocycles. The maximum atomic E-state index is 11.4. The fraction of sp³-hybridized carbons (Fsp3) is 0.875. The first-order valence-corrected chi connectivity index (χ1v) is 4.65. The van der Waals surface area contributed by atoms with Gasteiger partial charge in [-0.2, -0.15) is 0 Å². The van der Waals surface area contributed by atoms with E-state index in [1.54, 1.807) is 0 Å². The van der Waals surface area contributed by atoms with Gasteiger partial charge in [0.1, 0.15) is 0 Å². The van der Waals surface area contributed by atoms with Gasteiger partial charge >= 0.3 is 6.03 Å². The molecule has 2 amide bonds. The molecular formula is C8H14N2O3. The zero-order chi connectivity index (χ0) is 9.10. The lowest BCUT2D eigenvalue weighted by atomic mass is 10.3. The number of hydrogen-bond donors (Lipinski definition) is 1. The van der Waals surface area contributed by atoms with Crippen molar-refractivity contribution in [1.82, 2.24) is 10.4 Å². The molecule has 0 bridgehead atoms. The maximum absolute atomic E-state index is 11.4. The quantitative estimate of drug-likeness (QED) is 0.633. The summed E-state index contributed by atoms with van der Waals surface area (Å²) in [5.74, 6) is 0. The van der Waals surface area contributed by atoms with Crippen molar-refractivity contribution in [1.29, 1.82) is 0 Å². The van der Waals surface area contributed by atoms with Gasteiger partial charge in [-0.25, -0.2) is 9.86 Å². The van der Waals surface area contributed by atoms with Crippen LogP contribution in [-0.2, 0) is 9.57 Å². The molecule has 5 heteroatoms. The summed E-state index contributed by atoms with van der Waals surface area (Å²) in [5, 5.41) is 4.24. The molecular weight excluding hydrogens is 172 g/mol. The molecule has 2 aliphatic rings. The molecule has 0 radical (unpaired) electrons. The van der Waals surface area contributed by atoms with E-state index < -0.39 is 0 Å². The zero-order valence-corrected chi connectivity index (χ0v) is 7.49. The lowest BCUT2D eigenvalue weighted by Crippen LogP contribution is -2.43. The summed E-state index contributed by atoms with van der Waals surface area (Å²) in [6.45, 7) is 2.71. The number of amides is 2. The minimum absolute atomic E-state index is 0.131. The van der Waals surface area contributed by atoms with Crippen molar-refractivity contribution in [2.75, 3.05) is 26.4 Å². The summed E-state index contributed by atoms with van der Waals surface area (Å²) in [6.07, 6.45) is 1.83. The van der Waals surface area contributed by atoms with Crippen LogP contribution in [0, 0.1) is 0 Å². The van der Waals surface area contributed by atoms with E-state index in [2.05, 4.69) is 5.32 Å². The highest BCUT2D eigenvalue weighted by Gasteiger charge is 2.23. The number of hydrogen-bond acceptors (Lipinski definition) is 3. The Morgan fingerprint density at radius 3 is 3.00 bits per heavy atom. The van der Waals surface area contributed by atoms with Gasteiger partial charge in [-0.05, 0) is 12.8 Å². The molecule has 13 heavy (non-hydrogen) atoms. The predicted octanol–water partition coefficient (Wildman–Crippen LogP) is 0.122. The topological polar surface area (TPSA) is 50.8 Å². The van der Waals surface area contributed by atoms with E-state index in [-0.39, 0.29) is 12.1 Å². The summed E-state index contributed by atoms with van der Waals surface area (Å²) in [4.78, 5) is 16.5. The van der Waals surface area contributed by atoms with E-state index in [1.165, 1.54) is 5.06 Å². The lowest BCUT2D eigenvalue weighted by molar-refractivity contribution is -0.0670. The lowest BCUT2D eigenvalue weighted by Gasteiger charge is -2.17. The van der Waals surface area contributed by atoms with Crippen molar-refractivity contribution < 1.29 is 14.4 Å². The number of hydroxylamine groups is 2. The highest BCUT2D eigenvalue weighted by molar-refractivity contribution is 5.73. The van der Waals surface area contributed by atoms with Gasteiger partial charge in [0.05, 0.1) is 25.8 Å². The molecule has 2 heterocycles. The predicted molar refractivity (Wildman–Crippen MR) is 45.0 cm³/mol. The smallest absolute Gasteiger partial charge is 0.341 e. The molecule has 0 saturated carbocycles. The number of nitrogens with zero attached hydrogens (tertiary/aromatic N) is 1. The largest absolute Gasteiger partial charge is 0.379 e. The van der Waals surface area contributed by atoms with Crippen LogP contribution in [0.2, 0.25) is 0 Å². The summed E-state index contributed by atoms with van der Waals surface area (Å²) in [5.41, 5.74) is 0. The summed E-state index contributed by atoms with van der Waals surface area (Å²) in [6, 6.07) is 0.0321. The minimum atomic E-state index is -0.131. The minimum Gasteiger partial charge on any atom is -0.379 e. The average molecular weight is 186 g/mol. The summed E-state index contributed by atoms with van der Waals surface area (Å²) in [7, 11) is 0. The van der Waals surface area contributed by atoms with E-state index >= 15 is 0 Å². The van der Waals surface area contributed by atoms with Crippen LogP contribution in [0.3, 0.4) is 0 Å². The van der Waals surface area contributed by atoms with Crippen LogP contribution in [0.1, 0.15) is 12.8 Å². The Balaban J connectivity index is 1.76. The molecule has 1 unspecified atom stereocenters. The molecule has 0 aromatic rings. The number of carbonyl (C=O) groups excluding carboxylic acids is 1. The molecule has 2 rings (SSSR count). The van der Waals surface area contributed by atoms with Crippen LogP contribution < -0.4 is 5.32 Å². The Labute approximate surface area is 76.9 Å². The first-order valence-electron chi connectivity index (χ1n) is 4.65. The second-order valence-electron chi connectivity index (χ2n) is 3.30. The van der Waals surface area contributed by atoms with Gasteiger partial charge in [-0.3, -0.25) is 4.84 Å². The highest BCUT2D eigenvalue weighted by atomic mass is 16.7. The van der Waals surface area contributed by atoms with Gasteiger partial charge < -0.3 is 10.1 Å². The molecule has 2 aliphatic heterocycles.